The van der Waals surface area contributed by atoms with Gasteiger partial charge >= 0.3 is 11.9 Å². The third-order valence-electron chi connectivity index (χ3n) is 7.72. The van der Waals surface area contributed by atoms with E-state index in [-0.39, 0.29) is 29.0 Å². The molecule has 2 atom stereocenters. The van der Waals surface area contributed by atoms with Gasteiger partial charge in [-0.1, -0.05) is 5.16 Å². The molecule has 1 fully saturated rings. The number of oxime groups is 1. The Morgan fingerprint density at radius 3 is 2.74 bits per heavy atom. The Morgan fingerprint density at radius 2 is 2.07 bits per heavy atom. The zero-order valence-corrected chi connectivity index (χ0v) is 26.3. The summed E-state index contributed by atoms with van der Waals surface area (Å²) in [7, 11) is 0. The zero-order chi connectivity index (χ0) is 32.9. The van der Waals surface area contributed by atoms with Gasteiger partial charge in [-0.25, -0.2) is 9.59 Å². The number of fused-ring (bicyclic) bond motifs is 2. The molecule has 8 N–H and O–H groups in total. The van der Waals surface area contributed by atoms with Crippen LogP contribution in [-0.2, 0) is 37.1 Å². The van der Waals surface area contributed by atoms with Gasteiger partial charge in [0.2, 0.25) is 23.3 Å². The topological polar surface area (TPSA) is 260 Å². The lowest BCUT2D eigenvalue weighted by molar-refractivity contribution is -0.766. The van der Waals surface area contributed by atoms with Crippen LogP contribution in [0.15, 0.2) is 27.6 Å². The molecule has 0 spiro atoms. The summed E-state index contributed by atoms with van der Waals surface area (Å²) in [5.74, 6) is -2.86. The van der Waals surface area contributed by atoms with Gasteiger partial charge in [0.25, 0.3) is 11.8 Å². The number of hydrogen-bond acceptors (Lipinski definition) is 15. The number of carbonyl (C=O) groups is 4. The third-order valence-corrected chi connectivity index (χ3v) is 9.60. The summed E-state index contributed by atoms with van der Waals surface area (Å²) in [5.41, 5.74) is 10.8. The first-order valence-corrected chi connectivity index (χ1v) is 15.9. The number of aliphatic carboxylic acids is 2. The highest BCUT2D eigenvalue weighted by atomic mass is 32.2. The SMILES string of the molecule is CC(C)(O/N=C(\C(=O)N[C@@H]1C(=O)N2C(C(=O)O)=C(C[n+]3cc(N4CCCN=C4N)c4n3CCN4)CS[C@H]12)c1nsc(N)n1)C(=O)O. The minimum absolute atomic E-state index is 0.0208. The molecule has 2 aromatic heterocycles. The Kier molecular flexibility index (Phi) is 7.96. The van der Waals surface area contributed by atoms with E-state index in [0.717, 1.165) is 29.5 Å². The number of guanidine groups is 1. The lowest BCUT2D eigenvalue weighted by Crippen LogP contribution is -2.71. The van der Waals surface area contributed by atoms with Crippen molar-refractivity contribution < 1.29 is 38.9 Å². The molecule has 0 saturated carbocycles. The number of nitrogen functional groups attached to an aromatic ring is 1. The highest BCUT2D eigenvalue weighted by Gasteiger charge is 2.55. The average molecular weight is 676 g/mol. The molecular weight excluding hydrogens is 644 g/mol. The van der Waals surface area contributed by atoms with Crippen molar-refractivity contribution in [1.29, 1.82) is 0 Å². The second-order valence-corrected chi connectivity index (χ2v) is 13.1. The van der Waals surface area contributed by atoms with Crippen LogP contribution in [0.25, 0.3) is 0 Å². The number of nitrogens with zero attached hydrogens (tertiary/aromatic N) is 8. The van der Waals surface area contributed by atoms with Crippen LogP contribution >= 0.6 is 23.3 Å². The van der Waals surface area contributed by atoms with Gasteiger partial charge in [-0.05, 0) is 20.3 Å². The van der Waals surface area contributed by atoms with Gasteiger partial charge in [-0.3, -0.25) is 19.5 Å². The van der Waals surface area contributed by atoms with Crippen LogP contribution in [0.1, 0.15) is 26.1 Å². The molecule has 1 saturated heterocycles. The Labute approximate surface area is 269 Å². The average Bonchev–Trinajstić information content (AvgIpc) is 3.74. The lowest BCUT2D eigenvalue weighted by Gasteiger charge is -2.49. The summed E-state index contributed by atoms with van der Waals surface area (Å²) < 4.78 is 7.87. The molecule has 21 heteroatoms. The molecule has 2 amide bonds. The van der Waals surface area contributed by atoms with Crippen molar-refractivity contribution in [3.8, 4) is 0 Å². The van der Waals surface area contributed by atoms with E-state index < -0.39 is 46.5 Å². The minimum Gasteiger partial charge on any atom is -0.478 e. The van der Waals surface area contributed by atoms with Crippen LogP contribution in [0, 0.1) is 0 Å². The number of anilines is 3. The van der Waals surface area contributed by atoms with Crippen LogP contribution in [0.2, 0.25) is 0 Å². The number of aromatic nitrogens is 4. The van der Waals surface area contributed by atoms with Crippen molar-refractivity contribution in [2.45, 2.75) is 50.4 Å². The Morgan fingerprint density at radius 1 is 1.28 bits per heavy atom. The minimum atomic E-state index is -1.80. The largest absolute Gasteiger partial charge is 0.478 e. The maximum absolute atomic E-state index is 13.4. The molecule has 0 bridgehead atoms. The predicted octanol–water partition coefficient (Wildman–Crippen LogP) is -1.82. The van der Waals surface area contributed by atoms with Gasteiger partial charge in [0, 0.05) is 42.5 Å². The standard InChI is InChI=1S/C25H30N12O7S2/c1-25(2,22(42)43)44-32-13(16-31-24(27)46-33-16)18(38)30-14-19(39)37-15(21(40)41)11(10-45-20(14)37)8-34-9-12(17-28-5-7-36(17)34)35-6-3-4-29-23(35)26/h9,14,20H,3-8,10H2,1-2H3,(H7,26,27,29,30,31,33,38,40,41,42,43)/p+1/b32-13-/t14-,20-/m1/s1. The molecular formula is C25H31N12O7S2+. The summed E-state index contributed by atoms with van der Waals surface area (Å²) in [6, 6.07) is -1.11. The molecule has 0 unspecified atom stereocenters. The van der Waals surface area contributed by atoms with Crippen LogP contribution in [0.5, 0.6) is 0 Å². The highest BCUT2D eigenvalue weighted by Crippen LogP contribution is 2.41. The summed E-state index contributed by atoms with van der Waals surface area (Å²) in [6.07, 6.45) is 2.74. The smallest absolute Gasteiger partial charge is 0.352 e. The molecule has 6 rings (SSSR count). The summed E-state index contributed by atoms with van der Waals surface area (Å²) >= 11 is 2.08. The molecule has 19 nitrogen and oxygen atoms in total. The van der Waals surface area contributed by atoms with Gasteiger partial charge in [-0.15, -0.1) is 21.1 Å². The first kappa shape index (κ1) is 31.1. The van der Waals surface area contributed by atoms with E-state index >= 15 is 0 Å². The van der Waals surface area contributed by atoms with E-state index in [9.17, 15) is 29.4 Å². The van der Waals surface area contributed by atoms with Crippen molar-refractivity contribution in [1.82, 2.24) is 24.3 Å². The quantitative estimate of drug-likeness (QED) is 0.0702. The fourth-order valence-electron chi connectivity index (χ4n) is 5.35. The van der Waals surface area contributed by atoms with E-state index in [1.165, 1.54) is 30.5 Å². The highest BCUT2D eigenvalue weighted by molar-refractivity contribution is 8.00. The normalized spacial score (nSPS) is 21.2. The molecule has 0 radical (unpaired) electrons. The van der Waals surface area contributed by atoms with Crippen LogP contribution in [0.3, 0.4) is 0 Å². The van der Waals surface area contributed by atoms with Gasteiger partial charge in [0.15, 0.2) is 29.1 Å². The van der Waals surface area contributed by atoms with Gasteiger partial charge in [-0.2, -0.15) is 9.36 Å². The van der Waals surface area contributed by atoms with Crippen molar-refractivity contribution in [3.63, 3.8) is 0 Å². The molecule has 6 heterocycles. The van der Waals surface area contributed by atoms with E-state index in [1.54, 1.807) is 0 Å². The number of rotatable bonds is 10. The van der Waals surface area contributed by atoms with E-state index in [0.29, 0.717) is 37.7 Å². The molecule has 0 aliphatic carbocycles. The van der Waals surface area contributed by atoms with Gasteiger partial charge in [0.1, 0.15) is 17.1 Å². The number of nitrogens with two attached hydrogens (primary N) is 2. The Hall–Kier alpha value is -4.92. The summed E-state index contributed by atoms with van der Waals surface area (Å²) in [6.45, 7) is 5.36. The summed E-state index contributed by atoms with van der Waals surface area (Å²) in [5, 5.41) is 28.5. The number of amides is 2. The monoisotopic (exact) mass is 675 g/mol. The predicted molar refractivity (Wildman–Crippen MR) is 165 cm³/mol. The zero-order valence-electron chi connectivity index (χ0n) is 24.7. The fraction of sp³-hybridized carbons (Fsp3) is 0.480. The van der Waals surface area contributed by atoms with Crippen LogP contribution in [-0.4, -0.2) is 107 Å². The first-order chi connectivity index (χ1) is 21.9. The van der Waals surface area contributed by atoms with Gasteiger partial charge in [0.05, 0.1) is 6.54 Å². The number of nitrogens with one attached hydrogen (secondary N) is 2. The Balaban J connectivity index is 1.23. The number of carbonyl (C=O) groups excluding carboxylic acids is 2. The number of aliphatic imine (C=N–C) groups is 1. The number of β-lactam (4-membered cyclic amide) rings is 1. The number of carboxylic acid groups (broad SMARTS) is 2. The summed E-state index contributed by atoms with van der Waals surface area (Å²) in [4.78, 5) is 67.2. The third kappa shape index (κ3) is 5.44. The van der Waals surface area contributed by atoms with Crippen molar-refractivity contribution >= 4 is 75.4 Å². The maximum Gasteiger partial charge on any atom is 0.352 e. The number of hydrogen-bond donors (Lipinski definition) is 6. The molecule has 4 aliphatic heterocycles. The van der Waals surface area contributed by atoms with E-state index in [1.807, 2.05) is 20.5 Å². The van der Waals surface area contributed by atoms with E-state index in [4.69, 9.17) is 16.3 Å². The second-order valence-electron chi connectivity index (χ2n) is 11.2. The number of thioether (sulfide) groups is 1. The maximum atomic E-state index is 13.4. The first-order valence-electron chi connectivity index (χ1n) is 14.1. The number of carboxylic acids is 2. The second kappa shape index (κ2) is 11.8. The van der Waals surface area contributed by atoms with Crippen LogP contribution < -0.4 is 31.7 Å². The lowest BCUT2D eigenvalue weighted by atomic mass is 10.0. The van der Waals surface area contributed by atoms with Crippen molar-refractivity contribution in [2.24, 2.45) is 15.9 Å². The van der Waals surface area contributed by atoms with Crippen molar-refractivity contribution in [3.05, 3.63) is 23.3 Å². The molecule has 2 aromatic rings. The Bertz CT molecular complexity index is 1730. The van der Waals surface area contributed by atoms with Crippen LogP contribution in [0.4, 0.5) is 16.6 Å². The molecule has 46 heavy (non-hydrogen) atoms. The van der Waals surface area contributed by atoms with Crippen molar-refractivity contribution in [2.75, 3.05) is 41.3 Å². The molecule has 244 valence electrons. The fourth-order valence-corrected chi connectivity index (χ4v) is 7.12. The molecule has 0 aromatic carbocycles. The van der Waals surface area contributed by atoms with Gasteiger partial charge < -0.3 is 42.1 Å². The molecule has 4 aliphatic rings. The van der Waals surface area contributed by atoms with E-state index in [2.05, 4.69) is 30.1 Å².